The van der Waals surface area contributed by atoms with Gasteiger partial charge in [0.05, 0.1) is 23.4 Å². The number of thiophene rings is 1. The SMILES string of the molecule is O=C(C1CN(c2ncnc3ccsc23)CCO1)N1CCCC1. The number of anilines is 1. The predicted molar refractivity (Wildman–Crippen MR) is 85.2 cm³/mol. The van der Waals surface area contributed by atoms with Gasteiger partial charge in [-0.25, -0.2) is 9.97 Å². The van der Waals surface area contributed by atoms with E-state index in [0.29, 0.717) is 13.2 Å². The molecule has 2 aromatic heterocycles. The second-order valence-electron chi connectivity index (χ2n) is 5.67. The van der Waals surface area contributed by atoms with E-state index in [4.69, 9.17) is 4.74 Å². The molecule has 2 saturated heterocycles. The van der Waals surface area contributed by atoms with E-state index in [1.165, 1.54) is 0 Å². The summed E-state index contributed by atoms with van der Waals surface area (Å²) in [4.78, 5) is 25.3. The topological polar surface area (TPSA) is 58.6 Å². The maximum Gasteiger partial charge on any atom is 0.253 e. The van der Waals surface area contributed by atoms with Crippen LogP contribution in [0.4, 0.5) is 5.82 Å². The number of hydrogen-bond acceptors (Lipinski definition) is 6. The van der Waals surface area contributed by atoms with Crippen LogP contribution in [0.15, 0.2) is 17.8 Å². The third kappa shape index (κ3) is 2.44. The standard InChI is InChI=1S/C15H18N4O2S/c20-15(18-4-1-2-5-18)12-9-19(6-7-21-12)14-13-11(3-8-22-13)16-10-17-14/h3,8,10,12H,1-2,4-7,9H2. The minimum absolute atomic E-state index is 0.124. The van der Waals surface area contributed by atoms with Gasteiger partial charge in [0.2, 0.25) is 0 Å². The molecule has 116 valence electrons. The Morgan fingerprint density at radius 2 is 2.14 bits per heavy atom. The largest absolute Gasteiger partial charge is 0.365 e. The molecule has 0 aliphatic carbocycles. The molecule has 0 aromatic carbocycles. The molecule has 6 nitrogen and oxygen atoms in total. The fraction of sp³-hybridized carbons (Fsp3) is 0.533. The zero-order valence-electron chi connectivity index (χ0n) is 12.3. The Hall–Kier alpha value is -1.73. The first-order valence-corrected chi connectivity index (χ1v) is 8.54. The molecule has 1 unspecified atom stereocenters. The summed E-state index contributed by atoms with van der Waals surface area (Å²) in [6, 6.07) is 2.00. The van der Waals surface area contributed by atoms with Crippen molar-refractivity contribution in [3.8, 4) is 0 Å². The molecule has 7 heteroatoms. The van der Waals surface area contributed by atoms with Crippen LogP contribution in [0.1, 0.15) is 12.8 Å². The molecule has 2 fully saturated rings. The molecule has 4 heterocycles. The van der Waals surface area contributed by atoms with Crippen LogP contribution in [-0.4, -0.2) is 59.7 Å². The van der Waals surface area contributed by atoms with Gasteiger partial charge in [0.15, 0.2) is 6.10 Å². The second kappa shape index (κ2) is 5.81. The van der Waals surface area contributed by atoms with Gasteiger partial charge in [0, 0.05) is 19.6 Å². The lowest BCUT2D eigenvalue weighted by atomic mass is 10.2. The first-order valence-electron chi connectivity index (χ1n) is 7.66. The lowest BCUT2D eigenvalue weighted by Crippen LogP contribution is -2.50. The first kappa shape index (κ1) is 13.9. The molecular weight excluding hydrogens is 300 g/mol. The van der Waals surface area contributed by atoms with Crippen LogP contribution in [0.3, 0.4) is 0 Å². The van der Waals surface area contributed by atoms with Crippen molar-refractivity contribution in [1.29, 1.82) is 0 Å². The highest BCUT2D eigenvalue weighted by atomic mass is 32.1. The van der Waals surface area contributed by atoms with Crippen molar-refractivity contribution >= 4 is 33.3 Å². The van der Waals surface area contributed by atoms with Gasteiger partial charge in [0.1, 0.15) is 12.1 Å². The maximum atomic E-state index is 12.5. The molecule has 0 N–H and O–H groups in total. The number of carbonyl (C=O) groups excluding carboxylic acids is 1. The Bertz CT molecular complexity index is 683. The van der Waals surface area contributed by atoms with E-state index in [9.17, 15) is 4.79 Å². The van der Waals surface area contributed by atoms with Crippen molar-refractivity contribution in [2.75, 3.05) is 37.7 Å². The number of ether oxygens (including phenoxy) is 1. The Balaban J connectivity index is 1.55. The van der Waals surface area contributed by atoms with Gasteiger partial charge in [-0.1, -0.05) is 0 Å². The van der Waals surface area contributed by atoms with Crippen molar-refractivity contribution in [3.05, 3.63) is 17.8 Å². The lowest BCUT2D eigenvalue weighted by Gasteiger charge is -2.34. The molecule has 1 atom stereocenters. The summed E-state index contributed by atoms with van der Waals surface area (Å²) < 4.78 is 6.80. The zero-order valence-corrected chi connectivity index (χ0v) is 13.1. The molecule has 2 aromatic rings. The number of nitrogens with zero attached hydrogens (tertiary/aromatic N) is 4. The van der Waals surface area contributed by atoms with E-state index in [1.54, 1.807) is 17.7 Å². The predicted octanol–water partition coefficient (Wildman–Crippen LogP) is 1.52. The molecule has 22 heavy (non-hydrogen) atoms. The molecule has 0 spiro atoms. The Morgan fingerprint density at radius 1 is 1.27 bits per heavy atom. The number of amides is 1. The Kier molecular flexibility index (Phi) is 3.67. The minimum Gasteiger partial charge on any atom is -0.365 e. The van der Waals surface area contributed by atoms with Crippen LogP contribution < -0.4 is 4.90 Å². The van der Waals surface area contributed by atoms with Crippen LogP contribution in [0.25, 0.3) is 10.2 Å². The van der Waals surface area contributed by atoms with Crippen LogP contribution in [0.2, 0.25) is 0 Å². The van der Waals surface area contributed by atoms with Gasteiger partial charge in [-0.2, -0.15) is 0 Å². The summed E-state index contributed by atoms with van der Waals surface area (Å²) in [6.07, 6.45) is 3.42. The molecule has 4 rings (SSSR count). The molecular formula is C15H18N4O2S. The van der Waals surface area contributed by atoms with E-state index < -0.39 is 0 Å². The molecule has 1 amide bonds. The second-order valence-corrected chi connectivity index (χ2v) is 6.59. The average molecular weight is 318 g/mol. The van der Waals surface area contributed by atoms with Crippen LogP contribution in [0.5, 0.6) is 0 Å². The van der Waals surface area contributed by atoms with Crippen LogP contribution in [0, 0.1) is 0 Å². The summed E-state index contributed by atoms with van der Waals surface area (Å²) >= 11 is 1.64. The quantitative estimate of drug-likeness (QED) is 0.840. The smallest absolute Gasteiger partial charge is 0.253 e. The molecule has 2 aliphatic heterocycles. The molecule has 0 saturated carbocycles. The lowest BCUT2D eigenvalue weighted by molar-refractivity contribution is -0.143. The fourth-order valence-electron chi connectivity index (χ4n) is 3.13. The van der Waals surface area contributed by atoms with Crippen molar-refractivity contribution in [2.24, 2.45) is 0 Å². The van der Waals surface area contributed by atoms with Gasteiger partial charge >= 0.3 is 0 Å². The van der Waals surface area contributed by atoms with Crippen LogP contribution in [-0.2, 0) is 9.53 Å². The molecule has 0 radical (unpaired) electrons. The summed E-state index contributed by atoms with van der Waals surface area (Å²) in [7, 11) is 0. The van der Waals surface area contributed by atoms with E-state index in [0.717, 1.165) is 48.5 Å². The summed E-state index contributed by atoms with van der Waals surface area (Å²) in [5, 5.41) is 2.02. The number of hydrogen-bond donors (Lipinski definition) is 0. The van der Waals surface area contributed by atoms with Gasteiger partial charge in [-0.05, 0) is 24.3 Å². The number of rotatable bonds is 2. The molecule has 2 aliphatic rings. The van der Waals surface area contributed by atoms with Gasteiger partial charge in [-0.3, -0.25) is 4.79 Å². The highest BCUT2D eigenvalue weighted by Crippen LogP contribution is 2.29. The highest BCUT2D eigenvalue weighted by molar-refractivity contribution is 7.17. The summed E-state index contributed by atoms with van der Waals surface area (Å²) in [6.45, 7) is 3.61. The van der Waals surface area contributed by atoms with Crippen molar-refractivity contribution < 1.29 is 9.53 Å². The Morgan fingerprint density at radius 3 is 3.00 bits per heavy atom. The minimum atomic E-state index is -0.378. The number of fused-ring (bicyclic) bond motifs is 1. The van der Waals surface area contributed by atoms with E-state index in [-0.39, 0.29) is 12.0 Å². The highest BCUT2D eigenvalue weighted by Gasteiger charge is 2.32. The van der Waals surface area contributed by atoms with E-state index in [2.05, 4.69) is 14.9 Å². The average Bonchev–Trinajstić information content (AvgIpc) is 3.25. The van der Waals surface area contributed by atoms with Gasteiger partial charge < -0.3 is 14.5 Å². The summed E-state index contributed by atoms with van der Waals surface area (Å²) in [5.41, 5.74) is 0.962. The number of carbonyl (C=O) groups is 1. The van der Waals surface area contributed by atoms with Crippen LogP contribution >= 0.6 is 11.3 Å². The Labute approximate surface area is 132 Å². The maximum absolute atomic E-state index is 12.5. The van der Waals surface area contributed by atoms with Gasteiger partial charge in [0.25, 0.3) is 5.91 Å². The third-order valence-electron chi connectivity index (χ3n) is 4.28. The zero-order chi connectivity index (χ0) is 14.9. The van der Waals surface area contributed by atoms with Crippen molar-refractivity contribution in [1.82, 2.24) is 14.9 Å². The number of aromatic nitrogens is 2. The fourth-order valence-corrected chi connectivity index (χ4v) is 4.00. The van der Waals surface area contributed by atoms with Gasteiger partial charge in [-0.15, -0.1) is 11.3 Å². The normalized spacial score (nSPS) is 22.5. The summed E-state index contributed by atoms with van der Waals surface area (Å²) in [5.74, 6) is 1.04. The molecule has 0 bridgehead atoms. The first-order chi connectivity index (χ1) is 10.8. The third-order valence-corrected chi connectivity index (χ3v) is 5.18. The van der Waals surface area contributed by atoms with E-state index >= 15 is 0 Å². The van der Waals surface area contributed by atoms with E-state index in [1.807, 2.05) is 16.3 Å². The van der Waals surface area contributed by atoms with Crippen molar-refractivity contribution in [2.45, 2.75) is 18.9 Å². The van der Waals surface area contributed by atoms with Crippen molar-refractivity contribution in [3.63, 3.8) is 0 Å². The number of likely N-dealkylation sites (tertiary alicyclic amines) is 1. The number of morpholine rings is 1. The monoisotopic (exact) mass is 318 g/mol.